The zero-order valence-corrected chi connectivity index (χ0v) is 14.9. The molecule has 2 rings (SSSR count). The highest BCUT2D eigenvalue weighted by atomic mass is 32.3. The molecule has 2 fully saturated rings. The van der Waals surface area contributed by atoms with Crippen molar-refractivity contribution in [3.8, 4) is 0 Å². The molecule has 0 bridgehead atoms. The van der Waals surface area contributed by atoms with Crippen molar-refractivity contribution in [1.82, 2.24) is 21.2 Å². The van der Waals surface area contributed by atoms with Crippen LogP contribution in [0.25, 0.3) is 0 Å². The van der Waals surface area contributed by atoms with E-state index in [0.717, 1.165) is 19.4 Å². The third-order valence-corrected chi connectivity index (χ3v) is 4.91. The molecule has 0 radical (unpaired) electrons. The summed E-state index contributed by atoms with van der Waals surface area (Å²) in [5, 5.41) is 3.02. The molecule has 24 heavy (non-hydrogen) atoms. The lowest BCUT2D eigenvalue weighted by atomic mass is 9.76. The fraction of sp³-hybridized carbons (Fsp3) is 0.923. The van der Waals surface area contributed by atoms with Gasteiger partial charge in [0.1, 0.15) is 6.23 Å². The topological polar surface area (TPSA) is 129 Å². The van der Waals surface area contributed by atoms with E-state index in [-0.39, 0.29) is 12.1 Å². The first-order chi connectivity index (χ1) is 11.1. The van der Waals surface area contributed by atoms with Gasteiger partial charge in [0.15, 0.2) is 0 Å². The summed E-state index contributed by atoms with van der Waals surface area (Å²) >= 11 is 0. The van der Waals surface area contributed by atoms with E-state index in [1.165, 1.54) is 0 Å². The van der Waals surface area contributed by atoms with E-state index in [4.69, 9.17) is 9.39 Å². The largest absolute Gasteiger partial charge is 0.413 e. The third kappa shape index (κ3) is 5.34. The van der Waals surface area contributed by atoms with E-state index < -0.39 is 27.9 Å². The number of carbonyl (C=O) groups excluding carboxylic acids is 1. The van der Waals surface area contributed by atoms with Gasteiger partial charge < -0.3 is 5.32 Å². The number of hydrogen-bond acceptors (Lipinski definition) is 8. The zero-order valence-electron chi connectivity index (χ0n) is 14.1. The van der Waals surface area contributed by atoms with Crippen molar-refractivity contribution in [3.05, 3.63) is 0 Å². The minimum absolute atomic E-state index is 0.108. The molecular formula is C13H26N4O6S. The molecule has 0 saturated carbocycles. The van der Waals surface area contributed by atoms with Crippen LogP contribution < -0.4 is 16.3 Å². The van der Waals surface area contributed by atoms with Crippen LogP contribution in [0.4, 0.5) is 0 Å². The highest BCUT2D eigenvalue weighted by Crippen LogP contribution is 2.30. The van der Waals surface area contributed by atoms with Gasteiger partial charge in [0.2, 0.25) is 0 Å². The van der Waals surface area contributed by atoms with Crippen LogP contribution in [0.1, 0.15) is 33.1 Å². The van der Waals surface area contributed by atoms with Crippen LogP contribution in [0.3, 0.4) is 0 Å². The van der Waals surface area contributed by atoms with Crippen LogP contribution in [0.2, 0.25) is 0 Å². The molecule has 0 aromatic carbocycles. The molecule has 140 valence electrons. The van der Waals surface area contributed by atoms with Crippen LogP contribution in [0, 0.1) is 5.41 Å². The van der Waals surface area contributed by atoms with Crippen LogP contribution >= 0.6 is 0 Å². The minimum atomic E-state index is -4.57. The fourth-order valence-corrected chi connectivity index (χ4v) is 3.25. The molecule has 1 amide bonds. The molecule has 0 spiro atoms. The van der Waals surface area contributed by atoms with E-state index in [1.54, 1.807) is 0 Å². The number of nitrogens with zero attached hydrogens (tertiary/aromatic N) is 1. The summed E-state index contributed by atoms with van der Waals surface area (Å²) in [5.74, 6) is -0.266. The predicted molar refractivity (Wildman–Crippen MR) is 84.6 cm³/mol. The molecule has 0 aromatic heterocycles. The van der Waals surface area contributed by atoms with Gasteiger partial charge in [-0.25, -0.2) is 5.48 Å². The lowest BCUT2D eigenvalue weighted by molar-refractivity contribution is -0.150. The van der Waals surface area contributed by atoms with Gasteiger partial charge in [-0.2, -0.15) is 18.2 Å². The van der Waals surface area contributed by atoms with Gasteiger partial charge in [0.25, 0.3) is 5.91 Å². The zero-order chi connectivity index (χ0) is 18.0. The van der Waals surface area contributed by atoms with Gasteiger partial charge >= 0.3 is 10.4 Å². The van der Waals surface area contributed by atoms with Gasteiger partial charge in [0.05, 0.1) is 12.1 Å². The van der Waals surface area contributed by atoms with Crippen LogP contribution in [-0.2, 0) is 24.3 Å². The first-order valence-electron chi connectivity index (χ1n) is 7.89. The SMILES string of the molecule is CN1CCCC1ONC(=O)[C@@H]1CC(C)(C)[C@@H](NOS(=O)(=O)O)CN1. The van der Waals surface area contributed by atoms with Gasteiger partial charge in [-0.15, -0.1) is 0 Å². The highest BCUT2D eigenvalue weighted by molar-refractivity contribution is 7.80. The Morgan fingerprint density at radius 1 is 1.42 bits per heavy atom. The van der Waals surface area contributed by atoms with Crippen LogP contribution in [0.15, 0.2) is 0 Å². The Kier molecular flexibility index (Phi) is 6.18. The summed E-state index contributed by atoms with van der Waals surface area (Å²) in [6, 6.07) is -0.860. The smallest absolute Gasteiger partial charge is 0.304 e. The number of piperidine rings is 1. The predicted octanol–water partition coefficient (Wildman–Crippen LogP) is -0.833. The molecule has 2 aliphatic heterocycles. The second-order valence-corrected chi connectivity index (χ2v) is 8.02. The first-order valence-corrected chi connectivity index (χ1v) is 9.25. The van der Waals surface area contributed by atoms with E-state index in [2.05, 4.69) is 20.6 Å². The standard InChI is InChI=1S/C13H26N4O6S/c1-13(2)7-9(14-8-10(13)15-23-24(19,20)21)12(18)16-22-11-5-4-6-17(11)3/h9-11,14-15H,4-8H2,1-3H3,(H,16,18)(H,19,20,21)/t9-,10-,11?/m0/s1. The maximum atomic E-state index is 12.3. The molecule has 2 aliphatic rings. The summed E-state index contributed by atoms with van der Waals surface area (Å²) in [6.07, 6.45) is 2.24. The Morgan fingerprint density at radius 3 is 2.67 bits per heavy atom. The van der Waals surface area contributed by atoms with E-state index >= 15 is 0 Å². The fourth-order valence-electron chi connectivity index (χ4n) is 3.01. The van der Waals surface area contributed by atoms with Crippen LogP contribution in [-0.4, -0.2) is 62.2 Å². The van der Waals surface area contributed by atoms with Crippen molar-refractivity contribution in [2.45, 2.75) is 51.4 Å². The molecule has 10 nitrogen and oxygen atoms in total. The van der Waals surface area contributed by atoms with Crippen molar-refractivity contribution in [1.29, 1.82) is 0 Å². The van der Waals surface area contributed by atoms with Crippen molar-refractivity contribution in [2.24, 2.45) is 5.41 Å². The lowest BCUT2D eigenvalue weighted by Gasteiger charge is -2.41. The highest BCUT2D eigenvalue weighted by Gasteiger charge is 2.40. The van der Waals surface area contributed by atoms with Crippen molar-refractivity contribution in [2.75, 3.05) is 20.1 Å². The quantitative estimate of drug-likeness (QED) is 0.351. The molecule has 11 heteroatoms. The van der Waals surface area contributed by atoms with E-state index in [1.807, 2.05) is 25.8 Å². The number of rotatable bonds is 6. The number of nitrogens with one attached hydrogen (secondary N) is 3. The Labute approximate surface area is 142 Å². The summed E-state index contributed by atoms with van der Waals surface area (Å²) in [4.78, 5) is 19.8. The number of carbonyl (C=O) groups is 1. The van der Waals surface area contributed by atoms with E-state index in [9.17, 15) is 13.2 Å². The average molecular weight is 366 g/mol. The number of hydrogen-bond donors (Lipinski definition) is 4. The average Bonchev–Trinajstić information content (AvgIpc) is 2.87. The maximum absolute atomic E-state index is 12.3. The summed E-state index contributed by atoms with van der Waals surface area (Å²) in [6.45, 7) is 5.00. The van der Waals surface area contributed by atoms with Gasteiger partial charge in [-0.05, 0) is 31.7 Å². The number of likely N-dealkylation sites (tertiary alicyclic amines) is 1. The second-order valence-electron chi connectivity index (χ2n) is 7.00. The molecule has 3 atom stereocenters. The minimum Gasteiger partial charge on any atom is -0.304 e. The Hall–Kier alpha value is -0.820. The van der Waals surface area contributed by atoms with Crippen molar-refractivity contribution < 1.29 is 26.9 Å². The molecule has 0 aliphatic carbocycles. The Bertz CT molecular complexity index is 555. The number of amides is 1. The number of hydroxylamine groups is 2. The van der Waals surface area contributed by atoms with Gasteiger partial charge in [0, 0.05) is 13.1 Å². The van der Waals surface area contributed by atoms with Gasteiger partial charge in [-0.1, -0.05) is 13.8 Å². The molecule has 4 N–H and O–H groups in total. The lowest BCUT2D eigenvalue weighted by Crippen LogP contribution is -2.61. The van der Waals surface area contributed by atoms with Crippen LogP contribution in [0.5, 0.6) is 0 Å². The second kappa shape index (κ2) is 7.60. The molecule has 0 aromatic rings. The first kappa shape index (κ1) is 19.5. The third-order valence-electron chi connectivity index (χ3n) is 4.60. The Morgan fingerprint density at radius 2 is 2.12 bits per heavy atom. The molecular weight excluding hydrogens is 340 g/mol. The summed E-state index contributed by atoms with van der Waals surface area (Å²) in [5.41, 5.74) is 4.38. The normalized spacial score (nSPS) is 31.1. The maximum Gasteiger partial charge on any atom is 0.413 e. The van der Waals surface area contributed by atoms with Crippen molar-refractivity contribution in [3.63, 3.8) is 0 Å². The monoisotopic (exact) mass is 366 g/mol. The van der Waals surface area contributed by atoms with E-state index in [0.29, 0.717) is 13.0 Å². The molecule has 2 heterocycles. The van der Waals surface area contributed by atoms with Crippen molar-refractivity contribution >= 4 is 16.3 Å². The Balaban J connectivity index is 1.82. The summed E-state index contributed by atoms with van der Waals surface area (Å²) in [7, 11) is -2.63. The summed E-state index contributed by atoms with van der Waals surface area (Å²) < 4.78 is 34.2. The molecule has 1 unspecified atom stereocenters. The van der Waals surface area contributed by atoms with Gasteiger partial charge in [-0.3, -0.25) is 19.1 Å². The molecule has 2 saturated heterocycles.